The molecule has 2 aliphatic rings. The quantitative estimate of drug-likeness (QED) is 0.273. The largest absolute Gasteiger partial charge is 0.497 e. The number of likely N-dealkylation sites (tertiary alicyclic amines) is 1. The van der Waals surface area contributed by atoms with Gasteiger partial charge < -0.3 is 9.64 Å². The van der Waals surface area contributed by atoms with Crippen molar-refractivity contribution in [2.75, 3.05) is 27.2 Å². The minimum Gasteiger partial charge on any atom is -0.497 e. The number of ether oxygens (including phenoxy) is 1. The van der Waals surface area contributed by atoms with Gasteiger partial charge in [0.05, 0.1) is 7.11 Å². The van der Waals surface area contributed by atoms with Crippen LogP contribution in [0.5, 0.6) is 5.75 Å². The van der Waals surface area contributed by atoms with Crippen LogP contribution in [-0.2, 0) is 6.54 Å². The first-order valence-corrected chi connectivity index (χ1v) is 13.6. The monoisotopic (exact) mass is 511 g/mol. The van der Waals surface area contributed by atoms with E-state index in [9.17, 15) is 0 Å². The standard InChI is InChI=1S/C16H16NO.C13H18.C6H13N/c1-12-3-8-16-14(9-12)11-17(16)10-13-4-6-15(18-2)7-5-13;1-6-9-13(11(4)5)10-12(7-2)8-3;1-7-5-3-2-4-6-7/h3-9,11H,10H2,1-2H3;6-10H,2-3H2,1,4-5H3;2-6H2,1H3/q+1;;/b;9-6-;. The zero-order chi connectivity index (χ0) is 27.9. The molecule has 0 aromatic heterocycles. The Morgan fingerprint density at radius 1 is 1.00 bits per heavy atom. The highest BCUT2D eigenvalue weighted by atomic mass is 16.5. The van der Waals surface area contributed by atoms with E-state index in [0.29, 0.717) is 0 Å². The maximum absolute atomic E-state index is 5.16. The van der Waals surface area contributed by atoms with Gasteiger partial charge in [0.1, 0.15) is 11.3 Å². The van der Waals surface area contributed by atoms with Gasteiger partial charge in [-0.1, -0.05) is 55.5 Å². The molecular formula is C35H47N2O+. The first-order valence-electron chi connectivity index (χ1n) is 13.6. The fraction of sp³-hybridized carbons (Fsp3) is 0.343. The molecule has 202 valence electrons. The lowest BCUT2D eigenvalue weighted by atomic mass is 10.0. The minimum absolute atomic E-state index is 0.905. The van der Waals surface area contributed by atoms with Crippen LogP contribution < -0.4 is 4.74 Å². The van der Waals surface area contributed by atoms with Gasteiger partial charge in [0.2, 0.25) is 5.69 Å². The number of nitrogens with zero attached hydrogens (tertiary/aromatic N) is 2. The van der Waals surface area contributed by atoms with E-state index in [0.717, 1.165) is 17.9 Å². The first kappa shape index (κ1) is 30.8. The molecule has 1 saturated heterocycles. The van der Waals surface area contributed by atoms with Crippen molar-refractivity contribution >= 4 is 11.9 Å². The van der Waals surface area contributed by atoms with Crippen molar-refractivity contribution in [2.45, 2.75) is 53.5 Å². The molecule has 0 radical (unpaired) electrons. The fourth-order valence-electron chi connectivity index (χ4n) is 4.24. The smallest absolute Gasteiger partial charge is 0.218 e. The maximum atomic E-state index is 5.16. The molecule has 0 atom stereocenters. The molecule has 1 fully saturated rings. The topological polar surface area (TPSA) is 15.5 Å². The van der Waals surface area contributed by atoms with E-state index < -0.39 is 0 Å². The van der Waals surface area contributed by atoms with Crippen molar-refractivity contribution in [3.8, 4) is 5.75 Å². The average molecular weight is 512 g/mol. The Labute approximate surface area is 231 Å². The zero-order valence-electron chi connectivity index (χ0n) is 24.5. The molecule has 0 saturated carbocycles. The number of methoxy groups -OCH3 is 1. The third-order valence-corrected chi connectivity index (χ3v) is 6.60. The van der Waals surface area contributed by atoms with Crippen molar-refractivity contribution in [1.82, 2.24) is 4.90 Å². The summed E-state index contributed by atoms with van der Waals surface area (Å²) in [7, 11) is 3.88. The van der Waals surface area contributed by atoms with Gasteiger partial charge in [-0.15, -0.1) is 0 Å². The third kappa shape index (κ3) is 10.1. The molecule has 0 bridgehead atoms. The summed E-state index contributed by atoms with van der Waals surface area (Å²) in [6, 6.07) is 14.8. The van der Waals surface area contributed by atoms with Crippen LogP contribution in [0.25, 0.3) is 0 Å². The number of hydrogen-bond acceptors (Lipinski definition) is 2. The molecule has 2 heterocycles. The van der Waals surface area contributed by atoms with Crippen LogP contribution in [-0.4, -0.2) is 42.9 Å². The van der Waals surface area contributed by atoms with Gasteiger partial charge in [-0.25, -0.2) is 0 Å². The van der Waals surface area contributed by atoms with E-state index in [1.54, 1.807) is 19.3 Å². The fourth-order valence-corrected chi connectivity index (χ4v) is 4.24. The van der Waals surface area contributed by atoms with Gasteiger partial charge in [-0.05, 0) is 114 Å². The number of rotatable bonds is 7. The van der Waals surface area contributed by atoms with Crippen molar-refractivity contribution in [3.63, 3.8) is 0 Å². The summed E-state index contributed by atoms with van der Waals surface area (Å²) >= 11 is 0. The number of aryl methyl sites for hydroxylation is 1. The molecule has 0 spiro atoms. The summed E-state index contributed by atoms with van der Waals surface area (Å²) < 4.78 is 7.44. The lowest BCUT2D eigenvalue weighted by molar-refractivity contribution is -0.464. The summed E-state index contributed by atoms with van der Waals surface area (Å²) in [4.78, 5) is 2.39. The van der Waals surface area contributed by atoms with Crippen molar-refractivity contribution in [2.24, 2.45) is 0 Å². The normalized spacial score (nSPS) is 13.8. The Morgan fingerprint density at radius 3 is 2.13 bits per heavy atom. The number of allylic oxidation sites excluding steroid dienone is 8. The lowest BCUT2D eigenvalue weighted by Crippen LogP contribution is -2.24. The van der Waals surface area contributed by atoms with Crippen molar-refractivity contribution in [1.29, 1.82) is 0 Å². The number of piperidine rings is 1. The molecule has 0 unspecified atom stereocenters. The molecule has 0 amide bonds. The summed E-state index contributed by atoms with van der Waals surface area (Å²) in [5.41, 5.74) is 8.82. The first-order chi connectivity index (χ1) is 18.3. The van der Waals surface area contributed by atoms with Crippen LogP contribution in [0.4, 0.5) is 5.69 Å². The molecule has 0 N–H and O–H groups in total. The zero-order valence-corrected chi connectivity index (χ0v) is 24.5. The Balaban J connectivity index is 0.000000222. The number of hydrogen-bond donors (Lipinski definition) is 0. The molecular weight excluding hydrogens is 464 g/mol. The van der Waals surface area contributed by atoms with Crippen LogP contribution in [0.3, 0.4) is 0 Å². The average Bonchev–Trinajstić information content (AvgIpc) is 2.91. The third-order valence-electron chi connectivity index (χ3n) is 6.60. The summed E-state index contributed by atoms with van der Waals surface area (Å²) in [5.74, 6) is 0.905. The van der Waals surface area contributed by atoms with Gasteiger partial charge in [-0.3, -0.25) is 0 Å². The van der Waals surface area contributed by atoms with Gasteiger partial charge in [0, 0.05) is 11.6 Å². The number of benzene rings is 2. The summed E-state index contributed by atoms with van der Waals surface area (Å²) in [6.07, 6.45) is 16.3. The second-order valence-corrected chi connectivity index (χ2v) is 10.0. The van der Waals surface area contributed by atoms with Crippen LogP contribution in [0.15, 0.2) is 103 Å². The Morgan fingerprint density at radius 2 is 1.66 bits per heavy atom. The molecule has 2 aliphatic heterocycles. The van der Waals surface area contributed by atoms with Crippen LogP contribution >= 0.6 is 0 Å². The molecule has 3 nitrogen and oxygen atoms in total. The lowest BCUT2D eigenvalue weighted by Gasteiger charge is -2.20. The Bertz CT molecular complexity index is 1160. The Kier molecular flexibility index (Phi) is 13.3. The molecule has 38 heavy (non-hydrogen) atoms. The van der Waals surface area contributed by atoms with E-state index in [-0.39, 0.29) is 0 Å². The van der Waals surface area contributed by atoms with Crippen LogP contribution in [0.1, 0.15) is 56.7 Å². The minimum atomic E-state index is 0.905. The number of fused-ring (bicyclic) bond motifs is 1. The van der Waals surface area contributed by atoms with E-state index >= 15 is 0 Å². The Hall–Kier alpha value is -3.43. The van der Waals surface area contributed by atoms with E-state index in [4.69, 9.17) is 4.74 Å². The second-order valence-electron chi connectivity index (χ2n) is 10.0. The van der Waals surface area contributed by atoms with E-state index in [1.165, 1.54) is 65.9 Å². The van der Waals surface area contributed by atoms with E-state index in [2.05, 4.69) is 99.2 Å². The molecule has 2 aromatic rings. The second kappa shape index (κ2) is 16.4. The van der Waals surface area contributed by atoms with Crippen LogP contribution in [0.2, 0.25) is 0 Å². The highest BCUT2D eigenvalue weighted by Crippen LogP contribution is 2.27. The SMILES string of the molecule is C=CC(C=C)=CC(/C=C\C)=C(C)C.CN1CCCCC1.COc1ccc(C[N+]2=Cc3cc(C)ccc32)cc1. The molecule has 4 rings (SSSR count). The highest BCUT2D eigenvalue weighted by molar-refractivity contribution is 5.88. The van der Waals surface area contributed by atoms with Crippen molar-refractivity contribution < 1.29 is 9.31 Å². The molecule has 0 aliphatic carbocycles. The van der Waals surface area contributed by atoms with Crippen LogP contribution in [0, 0.1) is 6.92 Å². The van der Waals surface area contributed by atoms with Crippen molar-refractivity contribution in [3.05, 3.63) is 119 Å². The summed E-state index contributed by atoms with van der Waals surface area (Å²) in [5, 5.41) is 0. The van der Waals surface area contributed by atoms with Gasteiger partial charge in [-0.2, -0.15) is 4.58 Å². The highest BCUT2D eigenvalue weighted by Gasteiger charge is 2.24. The summed E-state index contributed by atoms with van der Waals surface area (Å²) in [6.45, 7) is 19.3. The predicted molar refractivity (Wildman–Crippen MR) is 166 cm³/mol. The van der Waals surface area contributed by atoms with Gasteiger partial charge in [0.15, 0.2) is 12.8 Å². The predicted octanol–water partition coefficient (Wildman–Crippen LogP) is 8.58. The molecule has 3 heteroatoms. The van der Waals surface area contributed by atoms with E-state index in [1.807, 2.05) is 25.1 Å². The van der Waals surface area contributed by atoms with Gasteiger partial charge >= 0.3 is 0 Å². The maximum Gasteiger partial charge on any atom is 0.218 e. The molecule has 2 aromatic carbocycles. The van der Waals surface area contributed by atoms with Gasteiger partial charge in [0.25, 0.3) is 0 Å².